The summed E-state index contributed by atoms with van der Waals surface area (Å²) in [5.41, 5.74) is 3.11. The minimum atomic E-state index is -0.700. The molecule has 0 aromatic rings. The Labute approximate surface area is 173 Å². The molecule has 3 fully saturated rings. The van der Waals surface area contributed by atoms with E-state index in [0.717, 1.165) is 38.5 Å². The van der Waals surface area contributed by atoms with E-state index in [1.807, 2.05) is 0 Å². The fourth-order valence-corrected chi connectivity index (χ4v) is 7.90. The van der Waals surface area contributed by atoms with Crippen LogP contribution in [0, 0.1) is 22.7 Å². The van der Waals surface area contributed by atoms with Gasteiger partial charge in [0.15, 0.2) is 5.79 Å². The lowest BCUT2D eigenvalue weighted by molar-refractivity contribution is -0.338. The van der Waals surface area contributed by atoms with Crippen LogP contribution in [0.15, 0.2) is 23.3 Å². The van der Waals surface area contributed by atoms with Gasteiger partial charge in [-0.2, -0.15) is 0 Å². The normalized spacial score (nSPS) is 51.0. The molecule has 0 aromatic carbocycles. The van der Waals surface area contributed by atoms with E-state index >= 15 is 0 Å². The van der Waals surface area contributed by atoms with Crippen molar-refractivity contribution in [3.63, 3.8) is 0 Å². The third kappa shape index (κ3) is 2.51. The molecule has 1 N–H and O–H groups in total. The molecule has 160 valence electrons. The Balaban J connectivity index is 1.51. The molecule has 4 heterocycles. The van der Waals surface area contributed by atoms with Gasteiger partial charge in [-0.05, 0) is 50.4 Å². The molecule has 7 atom stereocenters. The number of fused-ring (bicyclic) bond motifs is 1. The van der Waals surface area contributed by atoms with Crippen LogP contribution in [-0.4, -0.2) is 56.1 Å². The molecule has 2 saturated carbocycles. The van der Waals surface area contributed by atoms with Crippen molar-refractivity contribution in [2.24, 2.45) is 22.7 Å². The molecule has 0 amide bonds. The standard InChI is InChI=1S/C24H34O5/c1-22-7-6-19-17-3-2-16-14-24(28-12-10-26-20(22)5-4-18(17)22)21(27-11-13-29-24)15-23(16,19)8-9-25/h2,6,17-18,20-21,25H,3-5,7-15H2,1H3/t17-,18+,20?,21?,22-,23-,24?/m0/s1. The molecule has 4 aliphatic heterocycles. The van der Waals surface area contributed by atoms with Gasteiger partial charge in [0, 0.05) is 23.9 Å². The van der Waals surface area contributed by atoms with Crippen LogP contribution in [0.5, 0.6) is 0 Å². The summed E-state index contributed by atoms with van der Waals surface area (Å²) in [5.74, 6) is 0.531. The highest BCUT2D eigenvalue weighted by Gasteiger charge is 2.62. The largest absolute Gasteiger partial charge is 0.396 e. The van der Waals surface area contributed by atoms with E-state index in [2.05, 4.69) is 19.1 Å². The number of hydrogen-bond acceptors (Lipinski definition) is 5. The zero-order valence-electron chi connectivity index (χ0n) is 17.5. The molecule has 8 aliphatic rings. The molecule has 0 radical (unpaired) electrons. The Morgan fingerprint density at radius 3 is 2.62 bits per heavy atom. The summed E-state index contributed by atoms with van der Waals surface area (Å²) in [5, 5.41) is 10.1. The Kier molecular flexibility index (Phi) is 4.35. The van der Waals surface area contributed by atoms with Crippen molar-refractivity contribution in [3.8, 4) is 0 Å². The first-order chi connectivity index (χ1) is 14.1. The number of allylic oxidation sites excluding steroid dienone is 3. The topological polar surface area (TPSA) is 57.2 Å². The van der Waals surface area contributed by atoms with Crippen LogP contribution < -0.4 is 0 Å². The predicted molar refractivity (Wildman–Crippen MR) is 107 cm³/mol. The maximum atomic E-state index is 10.1. The third-order valence-electron chi connectivity index (χ3n) is 9.25. The summed E-state index contributed by atoms with van der Waals surface area (Å²) >= 11 is 0. The van der Waals surface area contributed by atoms with Crippen LogP contribution in [0.1, 0.15) is 51.9 Å². The van der Waals surface area contributed by atoms with Crippen molar-refractivity contribution in [3.05, 3.63) is 23.3 Å². The van der Waals surface area contributed by atoms with Gasteiger partial charge in [0.05, 0.1) is 32.5 Å². The van der Waals surface area contributed by atoms with E-state index in [1.54, 1.807) is 5.57 Å². The summed E-state index contributed by atoms with van der Waals surface area (Å²) in [4.78, 5) is 0. The first-order valence-electron chi connectivity index (χ1n) is 11.6. The van der Waals surface area contributed by atoms with Crippen LogP contribution in [0.25, 0.3) is 0 Å². The van der Waals surface area contributed by atoms with Crippen LogP contribution >= 0.6 is 0 Å². The maximum Gasteiger partial charge on any atom is 0.198 e. The second-order valence-corrected chi connectivity index (χ2v) is 10.3. The molecule has 5 nitrogen and oxygen atoms in total. The molecule has 8 bridgehead atoms. The van der Waals surface area contributed by atoms with E-state index in [4.69, 9.17) is 18.9 Å². The van der Waals surface area contributed by atoms with Crippen LogP contribution in [0.4, 0.5) is 0 Å². The molecule has 1 saturated heterocycles. The van der Waals surface area contributed by atoms with Crippen molar-refractivity contribution >= 4 is 0 Å². The van der Waals surface area contributed by atoms with Gasteiger partial charge in [-0.3, -0.25) is 0 Å². The van der Waals surface area contributed by atoms with Crippen molar-refractivity contribution < 1.29 is 24.1 Å². The van der Waals surface area contributed by atoms with Crippen molar-refractivity contribution in [1.82, 2.24) is 0 Å². The molecular weight excluding hydrogens is 368 g/mol. The Hall–Kier alpha value is -0.720. The zero-order chi connectivity index (χ0) is 19.7. The van der Waals surface area contributed by atoms with Crippen molar-refractivity contribution in [2.45, 2.75) is 69.9 Å². The van der Waals surface area contributed by atoms with Gasteiger partial charge in [0.25, 0.3) is 0 Å². The average Bonchev–Trinajstić information content (AvgIpc) is 3.06. The van der Waals surface area contributed by atoms with Gasteiger partial charge in [-0.1, -0.05) is 30.2 Å². The van der Waals surface area contributed by atoms with Gasteiger partial charge in [0.2, 0.25) is 0 Å². The zero-order valence-corrected chi connectivity index (χ0v) is 17.5. The van der Waals surface area contributed by atoms with E-state index < -0.39 is 5.79 Å². The fourth-order valence-electron chi connectivity index (χ4n) is 7.90. The molecule has 5 heteroatoms. The molecule has 8 rings (SSSR count). The number of rotatable bonds is 2. The van der Waals surface area contributed by atoms with E-state index in [-0.39, 0.29) is 23.5 Å². The van der Waals surface area contributed by atoms with Gasteiger partial charge in [-0.25, -0.2) is 0 Å². The first-order valence-corrected chi connectivity index (χ1v) is 11.6. The lowest BCUT2D eigenvalue weighted by Crippen LogP contribution is -2.60. The summed E-state index contributed by atoms with van der Waals surface area (Å²) in [6, 6.07) is 0. The SMILES string of the molecule is C[C@@]12CC=C3[C@H]4CC=C5CC6(OCCOC6C[C@@]53CCO)OCCOC1CC[C@H]42. The monoisotopic (exact) mass is 402 g/mol. The molecule has 29 heavy (non-hydrogen) atoms. The lowest BCUT2D eigenvalue weighted by Gasteiger charge is -2.58. The number of ether oxygens (including phenoxy) is 4. The Bertz CT molecular complexity index is 746. The highest BCUT2D eigenvalue weighted by atomic mass is 16.7. The Morgan fingerprint density at radius 2 is 1.83 bits per heavy atom. The fraction of sp³-hybridized carbons (Fsp3) is 0.833. The number of aliphatic hydroxyl groups excluding tert-OH is 1. The second kappa shape index (κ2) is 6.64. The minimum absolute atomic E-state index is 0.0918. The van der Waals surface area contributed by atoms with Crippen LogP contribution in [0.3, 0.4) is 0 Å². The van der Waals surface area contributed by atoms with Crippen LogP contribution in [-0.2, 0) is 18.9 Å². The summed E-state index contributed by atoms with van der Waals surface area (Å²) in [6.07, 6.45) is 12.2. The van der Waals surface area contributed by atoms with Crippen molar-refractivity contribution in [1.29, 1.82) is 0 Å². The highest BCUT2D eigenvalue weighted by Crippen LogP contribution is 2.65. The van der Waals surface area contributed by atoms with E-state index in [1.165, 1.54) is 12.0 Å². The summed E-state index contributed by atoms with van der Waals surface area (Å²) < 4.78 is 25.5. The van der Waals surface area contributed by atoms with E-state index in [9.17, 15) is 5.11 Å². The van der Waals surface area contributed by atoms with Gasteiger partial charge < -0.3 is 24.1 Å². The molecule has 4 aliphatic carbocycles. The second-order valence-electron chi connectivity index (χ2n) is 10.3. The van der Waals surface area contributed by atoms with E-state index in [0.29, 0.717) is 44.4 Å². The predicted octanol–water partition coefficient (Wildman–Crippen LogP) is 3.37. The number of aliphatic hydroxyl groups is 1. The molecule has 3 unspecified atom stereocenters. The molecule has 1 spiro atoms. The van der Waals surface area contributed by atoms with Crippen molar-refractivity contribution in [2.75, 3.05) is 33.0 Å². The van der Waals surface area contributed by atoms with Gasteiger partial charge >= 0.3 is 0 Å². The Morgan fingerprint density at radius 1 is 1.03 bits per heavy atom. The maximum absolute atomic E-state index is 10.1. The van der Waals surface area contributed by atoms with Gasteiger partial charge in [0.1, 0.15) is 6.10 Å². The minimum Gasteiger partial charge on any atom is -0.396 e. The summed E-state index contributed by atoms with van der Waals surface area (Å²) in [6.45, 7) is 5.01. The first kappa shape index (κ1) is 19.0. The lowest BCUT2D eigenvalue weighted by atomic mass is 9.50. The molecular formula is C24H34O5. The highest BCUT2D eigenvalue weighted by molar-refractivity contribution is 5.42. The van der Waals surface area contributed by atoms with Gasteiger partial charge in [-0.15, -0.1) is 0 Å². The average molecular weight is 403 g/mol. The quantitative estimate of drug-likeness (QED) is 0.718. The summed E-state index contributed by atoms with van der Waals surface area (Å²) in [7, 11) is 0. The number of hydrogen-bond donors (Lipinski definition) is 1. The molecule has 0 aromatic heterocycles. The smallest absolute Gasteiger partial charge is 0.198 e. The van der Waals surface area contributed by atoms with Crippen LogP contribution in [0.2, 0.25) is 0 Å². The third-order valence-corrected chi connectivity index (χ3v) is 9.25.